The highest BCUT2D eigenvalue weighted by molar-refractivity contribution is 7.93. The summed E-state index contributed by atoms with van der Waals surface area (Å²) in [5.74, 6) is -0.650. The quantitative estimate of drug-likeness (QED) is 0.103. The number of methoxy groups -OCH3 is 1. The van der Waals surface area contributed by atoms with E-state index in [4.69, 9.17) is 10.5 Å². The van der Waals surface area contributed by atoms with Gasteiger partial charge in [-0.05, 0) is 86.3 Å². The van der Waals surface area contributed by atoms with E-state index in [0.717, 1.165) is 49.9 Å². The Morgan fingerprint density at radius 1 is 0.650 bits per heavy atom. The van der Waals surface area contributed by atoms with Crippen LogP contribution in [0, 0.1) is 0 Å². The van der Waals surface area contributed by atoms with E-state index in [1.54, 1.807) is 84.9 Å². The Hall–Kier alpha value is -4.68. The molecular weight excluding hydrogens is 807 g/mol. The van der Waals surface area contributed by atoms with Crippen LogP contribution >= 0.6 is 0 Å². The van der Waals surface area contributed by atoms with Crippen LogP contribution in [0.4, 0.5) is 11.4 Å². The van der Waals surface area contributed by atoms with Gasteiger partial charge in [0.15, 0.2) is 5.78 Å². The van der Waals surface area contributed by atoms with Crippen LogP contribution in [0.5, 0.6) is 0 Å². The third-order valence-corrected chi connectivity index (χ3v) is 14.0. The first-order valence-corrected chi connectivity index (χ1v) is 23.4. The Labute approximate surface area is 354 Å². The summed E-state index contributed by atoms with van der Waals surface area (Å²) in [6.45, 7) is 3.66. The number of benzene rings is 4. The average Bonchev–Trinajstić information content (AvgIpc) is 3.26. The molecule has 0 aromatic heterocycles. The number of para-hydroxylation sites is 2. The molecular formula is C44H57N5O9S2. The number of anilines is 2. The first-order valence-electron chi connectivity index (χ1n) is 20.2. The normalized spacial score (nSPS) is 17.5. The molecule has 0 saturated carbocycles. The number of likely N-dealkylation sites (tertiary alicyclic amines) is 2. The number of aliphatic hydroxyl groups is 2. The largest absolute Gasteiger partial charge is 0.465 e. The average molecular weight is 864 g/mol. The molecule has 2 unspecified atom stereocenters. The van der Waals surface area contributed by atoms with Crippen molar-refractivity contribution in [2.24, 2.45) is 5.73 Å². The van der Waals surface area contributed by atoms with Crippen LogP contribution < -0.4 is 14.3 Å². The van der Waals surface area contributed by atoms with E-state index < -0.39 is 26.0 Å². The van der Waals surface area contributed by atoms with Gasteiger partial charge in [-0.25, -0.2) is 21.6 Å². The highest BCUT2D eigenvalue weighted by Crippen LogP contribution is 2.24. The minimum atomic E-state index is -3.60. The molecule has 16 heteroatoms. The molecule has 0 aliphatic carbocycles. The topological polar surface area (TPSA) is 191 Å². The number of Topliss-reactive ketones (excluding diaryl/α,β-unsaturated/α-hetero) is 1. The molecule has 0 bridgehead atoms. The standard InChI is InChI=1S/C22H29N3O4S.C22H28N2O5S/c23-15-22(27)19-10-8-18(9-11-19)16-25(20-5-2-1-3-6-20)30(28,29)14-13-24-12-4-7-21(26)17-24;1-29-22(26)19-11-9-18(10-12-19)16-24(20-6-3-2-4-7-20)30(27,28)15-14-23-13-5-8-21(25)17-23/h1-3,5-6,8-11,21,26H,4,7,12-17,23H2;2-4,6-7,9-12,21,25H,5,8,13-17H2,1H3. The molecule has 2 saturated heterocycles. The number of esters is 1. The lowest BCUT2D eigenvalue weighted by Gasteiger charge is -2.31. The van der Waals surface area contributed by atoms with E-state index in [1.807, 2.05) is 34.1 Å². The van der Waals surface area contributed by atoms with E-state index in [2.05, 4.69) is 0 Å². The number of carbonyl (C=O) groups is 2. The van der Waals surface area contributed by atoms with Crippen molar-refractivity contribution in [3.63, 3.8) is 0 Å². The van der Waals surface area contributed by atoms with Crippen molar-refractivity contribution >= 4 is 43.2 Å². The number of piperidine rings is 2. The number of ether oxygens (including phenoxy) is 1. The van der Waals surface area contributed by atoms with Gasteiger partial charge in [0, 0.05) is 31.7 Å². The van der Waals surface area contributed by atoms with Crippen LogP contribution in [0.25, 0.3) is 0 Å². The van der Waals surface area contributed by atoms with Gasteiger partial charge in [-0.3, -0.25) is 23.2 Å². The number of ketones is 1. The predicted molar refractivity (Wildman–Crippen MR) is 234 cm³/mol. The number of nitrogens with two attached hydrogens (primary N) is 1. The van der Waals surface area contributed by atoms with Gasteiger partial charge in [0.2, 0.25) is 20.0 Å². The highest BCUT2D eigenvalue weighted by atomic mass is 32.2. The summed E-state index contributed by atoms with van der Waals surface area (Å²) in [6.07, 6.45) is 2.50. The van der Waals surface area contributed by atoms with E-state index in [1.165, 1.54) is 15.7 Å². The van der Waals surface area contributed by atoms with Gasteiger partial charge in [-0.2, -0.15) is 0 Å². The second-order valence-corrected chi connectivity index (χ2v) is 19.0. The fraction of sp³-hybridized carbons (Fsp3) is 0.409. The number of sulfonamides is 2. The Morgan fingerprint density at radius 3 is 1.42 bits per heavy atom. The van der Waals surface area contributed by atoms with Gasteiger partial charge in [0.05, 0.1) is 67.4 Å². The van der Waals surface area contributed by atoms with Crippen molar-refractivity contribution < 1.29 is 41.4 Å². The Bertz CT molecular complexity index is 2020. The highest BCUT2D eigenvalue weighted by Gasteiger charge is 2.27. The van der Waals surface area contributed by atoms with Crippen molar-refractivity contribution in [2.75, 3.05) is 73.0 Å². The molecule has 2 atom stereocenters. The smallest absolute Gasteiger partial charge is 0.337 e. The molecule has 2 fully saturated rings. The maximum Gasteiger partial charge on any atom is 0.337 e. The zero-order chi connectivity index (χ0) is 43.1. The molecule has 0 amide bonds. The fourth-order valence-corrected chi connectivity index (χ4v) is 10.2. The van der Waals surface area contributed by atoms with Crippen molar-refractivity contribution in [2.45, 2.75) is 51.0 Å². The Morgan fingerprint density at radius 2 is 1.05 bits per heavy atom. The van der Waals surface area contributed by atoms with Crippen LogP contribution in [-0.4, -0.2) is 125 Å². The molecule has 2 aliphatic rings. The molecule has 0 spiro atoms. The van der Waals surface area contributed by atoms with Gasteiger partial charge >= 0.3 is 5.97 Å². The summed E-state index contributed by atoms with van der Waals surface area (Å²) >= 11 is 0. The summed E-state index contributed by atoms with van der Waals surface area (Å²) in [4.78, 5) is 27.4. The zero-order valence-electron chi connectivity index (χ0n) is 34.1. The lowest BCUT2D eigenvalue weighted by molar-refractivity contribution is 0.0600. The fourth-order valence-electron chi connectivity index (χ4n) is 7.18. The molecule has 60 heavy (non-hydrogen) atoms. The monoisotopic (exact) mass is 863 g/mol. The number of hydrogen-bond donors (Lipinski definition) is 3. The van der Waals surface area contributed by atoms with Gasteiger partial charge < -0.3 is 20.7 Å². The minimum absolute atomic E-state index is 0.0294. The maximum atomic E-state index is 13.2. The van der Waals surface area contributed by atoms with Crippen molar-refractivity contribution in [3.8, 4) is 0 Å². The first-order chi connectivity index (χ1) is 28.8. The van der Waals surface area contributed by atoms with Crippen LogP contribution in [0.15, 0.2) is 109 Å². The number of carbonyl (C=O) groups excluding carboxylic acids is 2. The van der Waals surface area contributed by atoms with Gasteiger partial charge in [-0.1, -0.05) is 72.8 Å². The molecule has 14 nitrogen and oxygen atoms in total. The summed E-state index contributed by atoms with van der Waals surface area (Å²) in [6, 6.07) is 31.6. The summed E-state index contributed by atoms with van der Waals surface area (Å²) in [7, 11) is -5.88. The third-order valence-electron chi connectivity index (χ3n) is 10.5. The second kappa shape index (κ2) is 22.2. The molecule has 324 valence electrons. The maximum absolute atomic E-state index is 13.2. The number of hydrogen-bond acceptors (Lipinski definition) is 12. The number of aliphatic hydroxyl groups excluding tert-OH is 2. The first kappa shape index (κ1) is 46.4. The third kappa shape index (κ3) is 13.7. The number of nitrogens with zero attached hydrogens (tertiary/aromatic N) is 4. The summed E-state index contributed by atoms with van der Waals surface area (Å²) < 4.78 is 60.5. The van der Waals surface area contributed by atoms with Gasteiger partial charge in [0.1, 0.15) is 0 Å². The van der Waals surface area contributed by atoms with E-state index in [0.29, 0.717) is 48.7 Å². The summed E-state index contributed by atoms with van der Waals surface area (Å²) in [5.41, 5.74) is 9.07. The van der Waals surface area contributed by atoms with E-state index >= 15 is 0 Å². The lowest BCUT2D eigenvalue weighted by atomic mass is 10.1. The summed E-state index contributed by atoms with van der Waals surface area (Å²) in [5, 5.41) is 19.7. The second-order valence-electron chi connectivity index (χ2n) is 15.0. The van der Waals surface area contributed by atoms with Crippen LogP contribution in [0.1, 0.15) is 57.5 Å². The molecule has 6 rings (SSSR count). The van der Waals surface area contributed by atoms with Crippen molar-refractivity contribution in [3.05, 3.63) is 131 Å². The molecule has 2 aliphatic heterocycles. The SMILES string of the molecule is COC(=O)c1ccc(CN(c2ccccc2)S(=O)(=O)CCN2CCCC(O)C2)cc1.NCC(=O)c1ccc(CN(c2ccccc2)S(=O)(=O)CCN2CCCC(O)C2)cc1. The number of rotatable bonds is 17. The minimum Gasteiger partial charge on any atom is -0.465 e. The Balaban J connectivity index is 0.000000228. The zero-order valence-corrected chi connectivity index (χ0v) is 35.7. The molecule has 4 aromatic rings. The van der Waals surface area contributed by atoms with Crippen molar-refractivity contribution in [1.82, 2.24) is 9.80 Å². The molecule has 2 heterocycles. The molecule has 4 N–H and O–H groups in total. The van der Waals surface area contributed by atoms with Crippen molar-refractivity contribution in [1.29, 1.82) is 0 Å². The molecule has 0 radical (unpaired) electrons. The number of β-amino-alcohol motifs (C(OH)–C–C–N with tert-alkyl or cyclic N) is 2. The molecule has 4 aromatic carbocycles. The van der Waals surface area contributed by atoms with E-state index in [-0.39, 0.29) is 49.1 Å². The predicted octanol–water partition coefficient (Wildman–Crippen LogP) is 3.89. The van der Waals surface area contributed by atoms with E-state index in [9.17, 15) is 36.6 Å². The Kier molecular flexibility index (Phi) is 17.2. The van der Waals surface area contributed by atoms with Crippen LogP contribution in [0.2, 0.25) is 0 Å². The van der Waals surface area contributed by atoms with Gasteiger partial charge in [-0.15, -0.1) is 0 Å². The lowest BCUT2D eigenvalue weighted by Crippen LogP contribution is -2.43. The van der Waals surface area contributed by atoms with Crippen LogP contribution in [-0.2, 0) is 37.9 Å². The van der Waals surface area contributed by atoms with Crippen LogP contribution in [0.3, 0.4) is 0 Å². The van der Waals surface area contributed by atoms with Gasteiger partial charge in [0.25, 0.3) is 0 Å².